The molecule has 0 saturated heterocycles. The number of carbonyl (C=O) groups excluding carboxylic acids is 1. The van der Waals surface area contributed by atoms with E-state index in [2.05, 4.69) is 0 Å². The van der Waals surface area contributed by atoms with Gasteiger partial charge < -0.3 is 0 Å². The van der Waals surface area contributed by atoms with Crippen molar-refractivity contribution >= 4 is 16.9 Å². The van der Waals surface area contributed by atoms with Crippen molar-refractivity contribution in [3.8, 4) is 0 Å². The quantitative estimate of drug-likeness (QED) is 0.663. The van der Waals surface area contributed by atoms with E-state index in [-0.39, 0.29) is 0 Å². The average Bonchev–Trinajstić information content (AvgIpc) is 2.25. The third-order valence-corrected chi connectivity index (χ3v) is 2.87. The van der Waals surface area contributed by atoms with Crippen LogP contribution in [0.1, 0.15) is 13.3 Å². The third-order valence-electron chi connectivity index (χ3n) is 2.06. The van der Waals surface area contributed by atoms with Crippen LogP contribution in [0.3, 0.4) is 0 Å². The van der Waals surface area contributed by atoms with Crippen LogP contribution in [-0.2, 0) is 4.79 Å². The number of hydrogen-bond donors (Lipinski definition) is 0. The van der Waals surface area contributed by atoms with Gasteiger partial charge in [0.25, 0.3) is 5.92 Å². The molecule has 0 aromatic rings. The maximum absolute atomic E-state index is 13.0. The minimum Gasteiger partial charge on any atom is -0.288 e. The molecule has 0 saturated carbocycles. The fraction of sp³-hybridized carbons (Fsp3) is 0.889. The van der Waals surface area contributed by atoms with Crippen LogP contribution in [0.15, 0.2) is 0 Å². The summed E-state index contributed by atoms with van der Waals surface area (Å²) < 4.78 is 99.9. The van der Waals surface area contributed by atoms with Gasteiger partial charge in [0.1, 0.15) is 0 Å². The summed E-state index contributed by atoms with van der Waals surface area (Å²) in [6.07, 6.45) is -14.4. The number of hydrogen-bond acceptors (Lipinski definition) is 2. The summed E-state index contributed by atoms with van der Waals surface area (Å²) in [4.78, 5) is 10.4. The minimum absolute atomic E-state index is 0.357. The Morgan fingerprint density at radius 2 is 1.53 bits per heavy atom. The van der Waals surface area contributed by atoms with Gasteiger partial charge in [0, 0.05) is 19.1 Å². The van der Waals surface area contributed by atoms with Gasteiger partial charge >= 0.3 is 12.3 Å². The van der Waals surface area contributed by atoms with E-state index in [0.717, 1.165) is 6.92 Å². The predicted octanol–water partition coefficient (Wildman–Crippen LogP) is 3.87. The molecule has 1 nitrogen and oxygen atoms in total. The Bertz CT molecular complexity index is 309. The van der Waals surface area contributed by atoms with Gasteiger partial charge in [0.15, 0.2) is 5.12 Å². The van der Waals surface area contributed by atoms with E-state index in [1.54, 1.807) is 0 Å². The van der Waals surface area contributed by atoms with Gasteiger partial charge in [-0.1, -0.05) is 11.8 Å². The van der Waals surface area contributed by atoms with Gasteiger partial charge in [-0.2, -0.15) is 8.78 Å². The van der Waals surface area contributed by atoms with Gasteiger partial charge in [-0.15, -0.1) is 0 Å². The van der Waals surface area contributed by atoms with Crippen LogP contribution in [0.2, 0.25) is 0 Å². The lowest BCUT2D eigenvalue weighted by Gasteiger charge is -2.27. The normalized spacial score (nSPS) is 16.5. The number of rotatable bonds is 7. The van der Waals surface area contributed by atoms with Crippen LogP contribution < -0.4 is 0 Å². The summed E-state index contributed by atoms with van der Waals surface area (Å²) in [5.74, 6) is -10.7. The molecule has 0 aliphatic heterocycles. The summed E-state index contributed by atoms with van der Waals surface area (Å²) in [5, 5.41) is -0.582. The van der Waals surface area contributed by atoms with Crippen molar-refractivity contribution in [2.24, 2.45) is 0 Å². The molecule has 0 heterocycles. The number of halogens is 8. The Labute approximate surface area is 107 Å². The smallest absolute Gasteiger partial charge is 0.288 e. The second-order valence-electron chi connectivity index (χ2n) is 3.63. The summed E-state index contributed by atoms with van der Waals surface area (Å²) in [6, 6.07) is 0. The Kier molecular flexibility index (Phi) is 6.56. The fourth-order valence-corrected chi connectivity index (χ4v) is 1.66. The molecule has 0 aliphatic rings. The molecule has 0 N–H and O–H groups in total. The van der Waals surface area contributed by atoms with E-state index in [1.807, 2.05) is 0 Å². The summed E-state index contributed by atoms with van der Waals surface area (Å²) in [7, 11) is 0. The number of thioether (sulfide) groups is 1. The largest absolute Gasteiger partial charge is 0.340 e. The highest BCUT2D eigenvalue weighted by atomic mass is 32.2. The standard InChI is InChI=1S/C9H10F8OS/c1-4(18)19-3-2-8(14,15)5(10)6(11)9(16,17)7(12)13/h5-7H,2-3H2,1H3. The van der Waals surface area contributed by atoms with Crippen molar-refractivity contribution in [1.29, 1.82) is 0 Å². The summed E-state index contributed by atoms with van der Waals surface area (Å²) in [5.41, 5.74) is 0. The maximum Gasteiger partial charge on any atom is 0.340 e. The molecule has 0 aromatic carbocycles. The van der Waals surface area contributed by atoms with Gasteiger partial charge in [-0.3, -0.25) is 4.79 Å². The fourth-order valence-electron chi connectivity index (χ4n) is 0.998. The lowest BCUT2D eigenvalue weighted by Crippen LogP contribution is -2.50. The molecule has 10 heteroatoms. The predicted molar refractivity (Wildman–Crippen MR) is 53.4 cm³/mol. The molecule has 2 unspecified atom stereocenters. The first-order valence-electron chi connectivity index (χ1n) is 4.88. The van der Waals surface area contributed by atoms with Gasteiger partial charge in [0.05, 0.1) is 0 Å². The first-order chi connectivity index (χ1) is 8.43. The van der Waals surface area contributed by atoms with E-state index in [0.29, 0.717) is 11.8 Å². The highest BCUT2D eigenvalue weighted by Crippen LogP contribution is 2.39. The molecule has 0 fully saturated rings. The molecule has 114 valence electrons. The SMILES string of the molecule is CC(=O)SCCC(F)(F)C(F)C(F)C(F)(F)C(F)F. The van der Waals surface area contributed by atoms with Crippen LogP contribution in [0, 0.1) is 0 Å². The van der Waals surface area contributed by atoms with Crippen molar-refractivity contribution in [2.45, 2.75) is 44.0 Å². The monoisotopic (exact) mass is 318 g/mol. The average molecular weight is 318 g/mol. The van der Waals surface area contributed by atoms with Gasteiger partial charge in [0.2, 0.25) is 12.3 Å². The van der Waals surface area contributed by atoms with Crippen molar-refractivity contribution in [2.75, 3.05) is 5.75 Å². The third kappa shape index (κ3) is 5.15. The Hall–Kier alpha value is -0.540. The number of carbonyl (C=O) groups is 1. The van der Waals surface area contributed by atoms with Crippen molar-refractivity contribution in [3.05, 3.63) is 0 Å². The van der Waals surface area contributed by atoms with Crippen molar-refractivity contribution in [1.82, 2.24) is 0 Å². The lowest BCUT2D eigenvalue weighted by atomic mass is 10.0. The maximum atomic E-state index is 13.0. The zero-order valence-corrected chi connectivity index (χ0v) is 10.3. The topological polar surface area (TPSA) is 17.1 Å². The highest BCUT2D eigenvalue weighted by molar-refractivity contribution is 8.13. The van der Waals surface area contributed by atoms with Gasteiger partial charge in [-0.25, -0.2) is 26.3 Å². The Morgan fingerprint density at radius 1 is 1.05 bits per heavy atom. The zero-order chi connectivity index (χ0) is 15.4. The summed E-state index contributed by atoms with van der Waals surface area (Å²) >= 11 is 0.357. The van der Waals surface area contributed by atoms with Crippen LogP contribution in [0.4, 0.5) is 35.1 Å². The molecular formula is C9H10F8OS. The molecule has 0 aromatic heterocycles. The molecule has 0 spiro atoms. The number of alkyl halides is 8. The summed E-state index contributed by atoms with van der Waals surface area (Å²) in [6.45, 7) is 1.03. The van der Waals surface area contributed by atoms with E-state index in [9.17, 15) is 39.9 Å². The molecule has 0 amide bonds. The van der Waals surface area contributed by atoms with E-state index >= 15 is 0 Å². The molecule has 19 heavy (non-hydrogen) atoms. The van der Waals surface area contributed by atoms with E-state index in [1.165, 1.54) is 0 Å². The molecule has 2 atom stereocenters. The molecule has 0 bridgehead atoms. The van der Waals surface area contributed by atoms with Crippen molar-refractivity contribution < 1.29 is 39.9 Å². The van der Waals surface area contributed by atoms with E-state index < -0.39 is 47.9 Å². The molecule has 0 aliphatic carbocycles. The Balaban J connectivity index is 4.68. The second-order valence-corrected chi connectivity index (χ2v) is 4.90. The first-order valence-corrected chi connectivity index (χ1v) is 5.86. The first kappa shape index (κ1) is 18.5. The highest BCUT2D eigenvalue weighted by Gasteiger charge is 2.59. The Morgan fingerprint density at radius 3 is 1.89 bits per heavy atom. The zero-order valence-electron chi connectivity index (χ0n) is 9.49. The van der Waals surface area contributed by atoms with Crippen LogP contribution >= 0.6 is 11.8 Å². The van der Waals surface area contributed by atoms with Crippen LogP contribution in [0.5, 0.6) is 0 Å². The van der Waals surface area contributed by atoms with Gasteiger partial charge in [-0.05, 0) is 0 Å². The van der Waals surface area contributed by atoms with Crippen LogP contribution in [-0.4, -0.2) is 41.5 Å². The molecular weight excluding hydrogens is 308 g/mol. The van der Waals surface area contributed by atoms with Crippen LogP contribution in [0.25, 0.3) is 0 Å². The van der Waals surface area contributed by atoms with Crippen molar-refractivity contribution in [3.63, 3.8) is 0 Å². The van der Waals surface area contributed by atoms with E-state index in [4.69, 9.17) is 0 Å². The lowest BCUT2D eigenvalue weighted by molar-refractivity contribution is -0.214. The molecule has 0 radical (unpaired) electrons. The minimum atomic E-state index is -5.50. The molecule has 0 rings (SSSR count). The second kappa shape index (κ2) is 6.76.